The molecular weight excluding hydrogens is 254 g/mol. The number of aliphatic hydroxyl groups is 1. The van der Waals surface area contributed by atoms with E-state index in [0.29, 0.717) is 19.5 Å². The number of aliphatic hydroxyl groups excluding tert-OH is 1. The second kappa shape index (κ2) is 6.37. The van der Waals surface area contributed by atoms with E-state index in [4.69, 9.17) is 5.11 Å². The SMILES string of the molecule is CC(=O)NC1CCN(C(=O)N[C@H](C(=O)O)[C@@H](C)O)C1. The molecule has 3 atom stereocenters. The molecule has 8 heteroatoms. The van der Waals surface area contributed by atoms with Crippen molar-refractivity contribution in [3.8, 4) is 0 Å². The van der Waals surface area contributed by atoms with E-state index in [0.717, 1.165) is 0 Å². The highest BCUT2D eigenvalue weighted by Crippen LogP contribution is 2.09. The molecule has 0 aromatic rings. The molecule has 108 valence electrons. The monoisotopic (exact) mass is 273 g/mol. The summed E-state index contributed by atoms with van der Waals surface area (Å²) in [6.07, 6.45) is -0.561. The largest absolute Gasteiger partial charge is 0.480 e. The van der Waals surface area contributed by atoms with Crippen molar-refractivity contribution in [2.75, 3.05) is 13.1 Å². The molecule has 0 spiro atoms. The van der Waals surface area contributed by atoms with E-state index < -0.39 is 24.1 Å². The smallest absolute Gasteiger partial charge is 0.328 e. The number of urea groups is 1. The van der Waals surface area contributed by atoms with Crippen molar-refractivity contribution in [3.05, 3.63) is 0 Å². The molecule has 0 aliphatic carbocycles. The van der Waals surface area contributed by atoms with Gasteiger partial charge in [-0.15, -0.1) is 0 Å². The second-order valence-electron chi connectivity index (χ2n) is 4.64. The van der Waals surface area contributed by atoms with Crippen LogP contribution in [0.3, 0.4) is 0 Å². The van der Waals surface area contributed by atoms with Crippen LogP contribution in [-0.4, -0.2) is 64.3 Å². The molecule has 1 unspecified atom stereocenters. The number of carbonyl (C=O) groups excluding carboxylic acids is 2. The number of hydrogen-bond acceptors (Lipinski definition) is 4. The van der Waals surface area contributed by atoms with Gasteiger partial charge in [-0.1, -0.05) is 0 Å². The number of nitrogens with one attached hydrogen (secondary N) is 2. The van der Waals surface area contributed by atoms with Gasteiger partial charge in [0.15, 0.2) is 6.04 Å². The van der Waals surface area contributed by atoms with Crippen LogP contribution in [0.15, 0.2) is 0 Å². The number of amides is 3. The molecule has 0 aromatic heterocycles. The molecule has 4 N–H and O–H groups in total. The molecule has 1 aliphatic heterocycles. The molecule has 0 radical (unpaired) electrons. The van der Waals surface area contributed by atoms with Gasteiger partial charge in [-0.3, -0.25) is 4.79 Å². The second-order valence-corrected chi connectivity index (χ2v) is 4.64. The molecule has 0 saturated carbocycles. The summed E-state index contributed by atoms with van der Waals surface area (Å²) in [5.41, 5.74) is 0. The van der Waals surface area contributed by atoms with Crippen LogP contribution < -0.4 is 10.6 Å². The van der Waals surface area contributed by atoms with Gasteiger partial charge in [0.05, 0.1) is 6.10 Å². The fourth-order valence-corrected chi connectivity index (χ4v) is 1.96. The predicted octanol–water partition coefficient (Wildman–Crippen LogP) is -1.26. The van der Waals surface area contributed by atoms with E-state index in [-0.39, 0.29) is 11.9 Å². The molecule has 19 heavy (non-hydrogen) atoms. The number of rotatable bonds is 4. The quantitative estimate of drug-likeness (QED) is 0.510. The Kier molecular flexibility index (Phi) is 5.11. The molecule has 1 saturated heterocycles. The van der Waals surface area contributed by atoms with Crippen LogP contribution in [0.1, 0.15) is 20.3 Å². The van der Waals surface area contributed by atoms with Gasteiger partial charge in [0.2, 0.25) is 5.91 Å². The van der Waals surface area contributed by atoms with E-state index in [9.17, 15) is 19.5 Å². The number of hydrogen-bond donors (Lipinski definition) is 4. The third-order valence-electron chi connectivity index (χ3n) is 2.91. The molecule has 0 bridgehead atoms. The van der Waals surface area contributed by atoms with Gasteiger partial charge in [0, 0.05) is 26.1 Å². The molecular formula is C11H19N3O5. The minimum absolute atomic E-state index is 0.113. The minimum atomic E-state index is -1.34. The third-order valence-corrected chi connectivity index (χ3v) is 2.91. The first kappa shape index (κ1) is 15.2. The maximum atomic E-state index is 11.8. The van der Waals surface area contributed by atoms with Crippen LogP contribution in [0.2, 0.25) is 0 Å². The molecule has 3 amide bonds. The predicted molar refractivity (Wildman–Crippen MR) is 65.4 cm³/mol. The maximum Gasteiger partial charge on any atom is 0.328 e. The average Bonchev–Trinajstić information content (AvgIpc) is 2.72. The van der Waals surface area contributed by atoms with E-state index in [2.05, 4.69) is 10.6 Å². The number of carboxylic acids is 1. The molecule has 1 fully saturated rings. The zero-order chi connectivity index (χ0) is 14.6. The summed E-state index contributed by atoms with van der Waals surface area (Å²) in [5.74, 6) is -1.46. The lowest BCUT2D eigenvalue weighted by Crippen LogP contribution is -2.52. The van der Waals surface area contributed by atoms with Crippen LogP contribution in [0.4, 0.5) is 4.79 Å². The Morgan fingerprint density at radius 1 is 1.37 bits per heavy atom. The number of carbonyl (C=O) groups is 3. The summed E-state index contributed by atoms with van der Waals surface area (Å²) in [4.78, 5) is 35.0. The normalized spacial score (nSPS) is 21.6. The minimum Gasteiger partial charge on any atom is -0.480 e. The van der Waals surface area contributed by atoms with E-state index in [1.54, 1.807) is 0 Å². The zero-order valence-corrected chi connectivity index (χ0v) is 10.9. The lowest BCUT2D eigenvalue weighted by molar-refractivity contribution is -0.141. The van der Waals surface area contributed by atoms with E-state index in [1.165, 1.54) is 18.7 Å². The lowest BCUT2D eigenvalue weighted by atomic mass is 10.2. The maximum absolute atomic E-state index is 11.8. The first-order chi connectivity index (χ1) is 8.81. The Hall–Kier alpha value is -1.83. The fraction of sp³-hybridized carbons (Fsp3) is 0.727. The van der Waals surface area contributed by atoms with Gasteiger partial charge in [-0.05, 0) is 13.3 Å². The van der Waals surface area contributed by atoms with E-state index >= 15 is 0 Å². The molecule has 8 nitrogen and oxygen atoms in total. The Balaban J connectivity index is 2.51. The van der Waals surface area contributed by atoms with Gasteiger partial charge in [0.25, 0.3) is 0 Å². The highest BCUT2D eigenvalue weighted by molar-refractivity contribution is 5.83. The summed E-state index contributed by atoms with van der Waals surface area (Å²) in [5, 5.41) is 23.1. The van der Waals surface area contributed by atoms with Crippen LogP contribution in [-0.2, 0) is 9.59 Å². The van der Waals surface area contributed by atoms with Crippen molar-refractivity contribution in [2.45, 2.75) is 38.5 Å². The van der Waals surface area contributed by atoms with Gasteiger partial charge in [0.1, 0.15) is 0 Å². The van der Waals surface area contributed by atoms with Crippen LogP contribution in [0, 0.1) is 0 Å². The van der Waals surface area contributed by atoms with Crippen molar-refractivity contribution in [1.82, 2.24) is 15.5 Å². The van der Waals surface area contributed by atoms with Gasteiger partial charge in [-0.2, -0.15) is 0 Å². The van der Waals surface area contributed by atoms with Crippen LogP contribution in [0.25, 0.3) is 0 Å². The van der Waals surface area contributed by atoms with Crippen LogP contribution in [0.5, 0.6) is 0 Å². The molecule has 1 heterocycles. The first-order valence-corrected chi connectivity index (χ1v) is 6.04. The van der Waals surface area contributed by atoms with Crippen molar-refractivity contribution < 1.29 is 24.6 Å². The number of likely N-dealkylation sites (tertiary alicyclic amines) is 1. The Bertz CT molecular complexity index is 371. The summed E-state index contributed by atoms with van der Waals surface area (Å²) < 4.78 is 0. The summed E-state index contributed by atoms with van der Waals surface area (Å²) in [7, 11) is 0. The number of nitrogens with zero attached hydrogens (tertiary/aromatic N) is 1. The van der Waals surface area contributed by atoms with Crippen LogP contribution >= 0.6 is 0 Å². The van der Waals surface area contributed by atoms with Gasteiger partial charge in [-0.25, -0.2) is 9.59 Å². The van der Waals surface area contributed by atoms with Gasteiger partial charge >= 0.3 is 12.0 Å². The van der Waals surface area contributed by atoms with Crippen molar-refractivity contribution in [2.24, 2.45) is 0 Å². The van der Waals surface area contributed by atoms with Crippen molar-refractivity contribution >= 4 is 17.9 Å². The summed E-state index contributed by atoms with van der Waals surface area (Å²) in [6, 6.07) is -2.01. The summed E-state index contributed by atoms with van der Waals surface area (Å²) >= 11 is 0. The molecule has 0 aromatic carbocycles. The molecule has 1 rings (SSSR count). The number of carboxylic acid groups (broad SMARTS) is 1. The highest BCUT2D eigenvalue weighted by atomic mass is 16.4. The Labute approximate surface area is 110 Å². The Morgan fingerprint density at radius 2 is 2.00 bits per heavy atom. The Morgan fingerprint density at radius 3 is 2.47 bits per heavy atom. The fourth-order valence-electron chi connectivity index (χ4n) is 1.96. The van der Waals surface area contributed by atoms with Crippen molar-refractivity contribution in [3.63, 3.8) is 0 Å². The average molecular weight is 273 g/mol. The highest BCUT2D eigenvalue weighted by Gasteiger charge is 2.31. The first-order valence-electron chi connectivity index (χ1n) is 6.04. The topological polar surface area (TPSA) is 119 Å². The van der Waals surface area contributed by atoms with E-state index in [1.807, 2.05) is 0 Å². The van der Waals surface area contributed by atoms with Crippen molar-refractivity contribution in [1.29, 1.82) is 0 Å². The standard InChI is InChI=1S/C11H19N3O5/c1-6(15)9(10(17)18)13-11(19)14-4-3-8(5-14)12-7(2)16/h6,8-9,15H,3-5H2,1-2H3,(H,12,16)(H,13,19)(H,17,18)/t6-,8?,9+/m1/s1. The van der Waals surface area contributed by atoms with Gasteiger partial charge < -0.3 is 25.7 Å². The number of aliphatic carboxylic acids is 1. The lowest BCUT2D eigenvalue weighted by Gasteiger charge is -2.22. The third kappa shape index (κ3) is 4.40. The zero-order valence-electron chi connectivity index (χ0n) is 10.9. The summed E-state index contributed by atoms with van der Waals surface area (Å²) in [6.45, 7) is 3.46. The molecule has 1 aliphatic rings.